The van der Waals surface area contributed by atoms with Crippen molar-refractivity contribution in [2.75, 3.05) is 5.32 Å². The number of hydrogen-bond donors (Lipinski definition) is 2. The molecule has 0 aliphatic carbocycles. The molecular formula is C14H11BrFN3O2. The second kappa shape index (κ2) is 6.01. The summed E-state index contributed by atoms with van der Waals surface area (Å²) in [5, 5.41) is 2.52. The van der Waals surface area contributed by atoms with Crippen LogP contribution in [-0.2, 0) is 0 Å². The molecular weight excluding hydrogens is 341 g/mol. The van der Waals surface area contributed by atoms with E-state index >= 15 is 0 Å². The minimum atomic E-state index is -0.773. The Labute approximate surface area is 128 Å². The maximum atomic E-state index is 13.7. The van der Waals surface area contributed by atoms with Crippen LogP contribution >= 0.6 is 15.9 Å². The first-order valence-electron chi connectivity index (χ1n) is 5.92. The van der Waals surface area contributed by atoms with Gasteiger partial charge in [-0.25, -0.2) is 9.37 Å². The highest BCUT2D eigenvalue weighted by molar-refractivity contribution is 9.10. The Morgan fingerprint density at radius 3 is 2.67 bits per heavy atom. The summed E-state index contributed by atoms with van der Waals surface area (Å²) in [4.78, 5) is 27.2. The first-order valence-corrected chi connectivity index (χ1v) is 6.71. The summed E-state index contributed by atoms with van der Waals surface area (Å²) < 4.78 is 14.2. The maximum absolute atomic E-state index is 13.7. The lowest BCUT2D eigenvalue weighted by molar-refractivity contribution is 0.0995. The molecule has 0 fully saturated rings. The number of benzene rings is 1. The van der Waals surface area contributed by atoms with Crippen LogP contribution < -0.4 is 11.1 Å². The molecule has 0 unspecified atom stereocenters. The molecule has 3 N–H and O–H groups in total. The monoisotopic (exact) mass is 351 g/mol. The highest BCUT2D eigenvalue weighted by Crippen LogP contribution is 2.21. The van der Waals surface area contributed by atoms with E-state index in [1.807, 2.05) is 0 Å². The number of halogens is 2. The van der Waals surface area contributed by atoms with Crippen molar-refractivity contribution in [3.63, 3.8) is 0 Å². The number of nitrogens with one attached hydrogen (secondary N) is 1. The van der Waals surface area contributed by atoms with Gasteiger partial charge >= 0.3 is 0 Å². The number of amides is 2. The highest BCUT2D eigenvalue weighted by atomic mass is 79.9. The maximum Gasteiger partial charge on any atom is 0.274 e. The second-order valence-corrected chi connectivity index (χ2v) is 5.11. The molecule has 2 amide bonds. The van der Waals surface area contributed by atoms with Crippen molar-refractivity contribution in [2.24, 2.45) is 5.73 Å². The van der Waals surface area contributed by atoms with Crippen molar-refractivity contribution in [3.8, 4) is 0 Å². The molecule has 0 saturated carbocycles. The fraction of sp³-hybridized carbons (Fsp3) is 0.0714. The molecule has 0 radical (unpaired) electrons. The van der Waals surface area contributed by atoms with Gasteiger partial charge in [-0.1, -0.05) is 6.07 Å². The smallest absolute Gasteiger partial charge is 0.274 e. The number of aromatic nitrogens is 1. The fourth-order valence-electron chi connectivity index (χ4n) is 1.67. The van der Waals surface area contributed by atoms with Gasteiger partial charge in [0.25, 0.3) is 5.91 Å². The Kier molecular flexibility index (Phi) is 4.32. The van der Waals surface area contributed by atoms with Gasteiger partial charge in [0.1, 0.15) is 16.1 Å². The minimum absolute atomic E-state index is 0.0180. The van der Waals surface area contributed by atoms with Crippen molar-refractivity contribution in [1.82, 2.24) is 4.98 Å². The Balaban J connectivity index is 2.35. The molecule has 1 aromatic heterocycles. The summed E-state index contributed by atoms with van der Waals surface area (Å²) in [7, 11) is 0. The van der Waals surface area contributed by atoms with Gasteiger partial charge < -0.3 is 11.1 Å². The van der Waals surface area contributed by atoms with E-state index in [1.165, 1.54) is 19.1 Å². The Hall–Kier alpha value is -2.28. The van der Waals surface area contributed by atoms with Crippen LogP contribution in [0.4, 0.5) is 10.1 Å². The summed E-state index contributed by atoms with van der Waals surface area (Å²) in [5.74, 6) is -1.91. The zero-order valence-corrected chi connectivity index (χ0v) is 12.6. The molecule has 0 aliphatic heterocycles. The van der Waals surface area contributed by atoms with Gasteiger partial charge in [0.15, 0.2) is 0 Å². The zero-order valence-electron chi connectivity index (χ0n) is 11.0. The Morgan fingerprint density at radius 1 is 1.33 bits per heavy atom. The zero-order chi connectivity index (χ0) is 15.6. The average molecular weight is 352 g/mol. The molecule has 1 aromatic carbocycles. The lowest BCUT2D eigenvalue weighted by Crippen LogP contribution is -2.17. The van der Waals surface area contributed by atoms with Crippen LogP contribution in [0, 0.1) is 12.7 Å². The lowest BCUT2D eigenvalue weighted by Gasteiger charge is -2.10. The predicted octanol–water partition coefficient (Wildman–Crippen LogP) is 2.64. The van der Waals surface area contributed by atoms with Gasteiger partial charge in [-0.3, -0.25) is 9.59 Å². The molecule has 5 nitrogen and oxygen atoms in total. The molecule has 0 saturated heterocycles. The first-order chi connectivity index (χ1) is 9.88. The van der Waals surface area contributed by atoms with E-state index in [4.69, 9.17) is 5.73 Å². The van der Waals surface area contributed by atoms with Gasteiger partial charge in [0.2, 0.25) is 5.91 Å². The average Bonchev–Trinajstić information content (AvgIpc) is 2.43. The van der Waals surface area contributed by atoms with Crippen molar-refractivity contribution in [1.29, 1.82) is 0 Å². The Morgan fingerprint density at radius 2 is 2.05 bits per heavy atom. The number of rotatable bonds is 3. The summed E-state index contributed by atoms with van der Waals surface area (Å²) in [5.41, 5.74) is 5.66. The number of primary amides is 1. The quantitative estimate of drug-likeness (QED) is 0.833. The predicted molar refractivity (Wildman–Crippen MR) is 79.5 cm³/mol. The number of nitrogens with two attached hydrogens (primary N) is 1. The molecule has 1 heterocycles. The van der Waals surface area contributed by atoms with Crippen molar-refractivity contribution in [2.45, 2.75) is 6.92 Å². The standard InChI is InChI=1S/C14H11BrFN3O2/c1-7-9(16)5-8(13(17)20)6-11(7)19-14(21)10-3-2-4-12(15)18-10/h2-6H,1H3,(H2,17,20)(H,19,21). The van der Waals surface area contributed by atoms with Crippen molar-refractivity contribution >= 4 is 33.4 Å². The van der Waals surface area contributed by atoms with Crippen molar-refractivity contribution in [3.05, 3.63) is 57.6 Å². The summed E-state index contributed by atoms with van der Waals surface area (Å²) >= 11 is 3.16. The number of pyridine rings is 1. The third kappa shape index (κ3) is 3.43. The topological polar surface area (TPSA) is 85.1 Å². The number of carbonyl (C=O) groups is 2. The molecule has 108 valence electrons. The molecule has 2 aromatic rings. The van der Waals surface area contributed by atoms with Crippen LogP contribution in [0.2, 0.25) is 0 Å². The van der Waals surface area contributed by atoms with Crippen LogP contribution in [0.1, 0.15) is 26.4 Å². The molecule has 21 heavy (non-hydrogen) atoms. The molecule has 0 bridgehead atoms. The fourth-order valence-corrected chi connectivity index (χ4v) is 2.02. The van der Waals surface area contributed by atoms with E-state index in [9.17, 15) is 14.0 Å². The van der Waals surface area contributed by atoms with Crippen molar-refractivity contribution < 1.29 is 14.0 Å². The van der Waals surface area contributed by atoms with Gasteiger partial charge in [-0.05, 0) is 47.1 Å². The largest absolute Gasteiger partial charge is 0.366 e. The van der Waals surface area contributed by atoms with Crippen LogP contribution in [0.15, 0.2) is 34.9 Å². The third-order valence-electron chi connectivity index (χ3n) is 2.82. The van der Waals surface area contributed by atoms with E-state index in [1.54, 1.807) is 12.1 Å². The Bertz CT molecular complexity index is 734. The van der Waals surface area contributed by atoms with E-state index in [0.717, 1.165) is 6.07 Å². The van der Waals surface area contributed by atoms with Crippen LogP contribution in [-0.4, -0.2) is 16.8 Å². The number of hydrogen-bond acceptors (Lipinski definition) is 3. The normalized spacial score (nSPS) is 10.2. The summed E-state index contributed by atoms with van der Waals surface area (Å²) in [6.45, 7) is 1.49. The van der Waals surface area contributed by atoms with E-state index in [0.29, 0.717) is 4.60 Å². The molecule has 2 rings (SSSR count). The lowest BCUT2D eigenvalue weighted by atomic mass is 10.1. The molecule has 0 spiro atoms. The molecule has 7 heteroatoms. The second-order valence-electron chi connectivity index (χ2n) is 4.29. The minimum Gasteiger partial charge on any atom is -0.366 e. The van der Waals surface area contributed by atoms with Gasteiger partial charge in [-0.15, -0.1) is 0 Å². The number of anilines is 1. The van der Waals surface area contributed by atoms with E-state index < -0.39 is 17.6 Å². The van der Waals surface area contributed by atoms with E-state index in [2.05, 4.69) is 26.2 Å². The number of nitrogens with zero attached hydrogens (tertiary/aromatic N) is 1. The van der Waals surface area contributed by atoms with Gasteiger partial charge in [0.05, 0.1) is 0 Å². The van der Waals surface area contributed by atoms with Crippen LogP contribution in [0.25, 0.3) is 0 Å². The SMILES string of the molecule is Cc1c(F)cc(C(N)=O)cc1NC(=O)c1cccc(Br)n1. The van der Waals surface area contributed by atoms with Gasteiger partial charge in [-0.2, -0.15) is 0 Å². The van der Waals surface area contributed by atoms with Crippen LogP contribution in [0.5, 0.6) is 0 Å². The third-order valence-corrected chi connectivity index (χ3v) is 3.27. The molecule has 0 atom stereocenters. The summed E-state index contributed by atoms with van der Waals surface area (Å²) in [6.07, 6.45) is 0. The van der Waals surface area contributed by atoms with E-state index in [-0.39, 0.29) is 22.5 Å². The van der Waals surface area contributed by atoms with Crippen LogP contribution in [0.3, 0.4) is 0 Å². The van der Waals surface area contributed by atoms with Gasteiger partial charge in [0, 0.05) is 16.8 Å². The summed E-state index contributed by atoms with van der Waals surface area (Å²) in [6, 6.07) is 7.21. The molecule has 0 aliphatic rings. The number of carbonyl (C=O) groups excluding carboxylic acids is 2. The highest BCUT2D eigenvalue weighted by Gasteiger charge is 2.14. The first kappa shape index (κ1) is 15.1.